The molecule has 1 aromatic carbocycles. The highest BCUT2D eigenvalue weighted by Crippen LogP contribution is 2.45. The van der Waals surface area contributed by atoms with Gasteiger partial charge in [0.05, 0.1) is 27.0 Å². The van der Waals surface area contributed by atoms with Crippen molar-refractivity contribution in [3.05, 3.63) is 11.1 Å². The minimum absolute atomic E-state index is 0.0233. The third-order valence-electron chi connectivity index (χ3n) is 2.45. The number of nitrogens with two attached hydrogens (primary N) is 1. The van der Waals surface area contributed by atoms with Gasteiger partial charge in [-0.3, -0.25) is 0 Å². The monoisotopic (exact) mass is 241 g/mol. The first-order valence-corrected chi connectivity index (χ1v) is 4.80. The van der Waals surface area contributed by atoms with Gasteiger partial charge in [-0.15, -0.1) is 0 Å². The Morgan fingerprint density at radius 2 is 1.53 bits per heavy atom. The van der Waals surface area contributed by atoms with Gasteiger partial charge in [0.1, 0.15) is 11.3 Å². The first kappa shape index (κ1) is 13.0. The highest BCUT2D eigenvalue weighted by Gasteiger charge is 2.26. The number of hydrogen-bond acceptors (Lipinski definition) is 5. The van der Waals surface area contributed by atoms with E-state index in [0.29, 0.717) is 11.3 Å². The number of carboxylic acid groups (broad SMARTS) is 1. The quantitative estimate of drug-likeness (QED) is 0.772. The summed E-state index contributed by atoms with van der Waals surface area (Å²) in [5.41, 5.74) is 6.21. The second-order valence-electron chi connectivity index (χ2n) is 3.32. The van der Waals surface area contributed by atoms with Gasteiger partial charge in [-0.1, -0.05) is 0 Å². The van der Waals surface area contributed by atoms with E-state index in [0.717, 1.165) is 0 Å². The summed E-state index contributed by atoms with van der Waals surface area (Å²) >= 11 is 0. The predicted molar refractivity (Wildman–Crippen MR) is 62.2 cm³/mol. The standard InChI is InChI=1S/C11H15NO5/c1-5-8(15-2)7(12)6(11(13)14)10(17-4)9(5)16-3/h12H2,1-4H3,(H,13,14). The van der Waals surface area contributed by atoms with Gasteiger partial charge in [-0.05, 0) is 6.92 Å². The molecule has 0 bridgehead atoms. The molecule has 0 aromatic heterocycles. The molecular weight excluding hydrogens is 226 g/mol. The van der Waals surface area contributed by atoms with Gasteiger partial charge in [-0.25, -0.2) is 4.79 Å². The van der Waals surface area contributed by atoms with Gasteiger partial charge >= 0.3 is 5.97 Å². The number of hydrogen-bond donors (Lipinski definition) is 2. The molecule has 0 radical (unpaired) electrons. The lowest BCUT2D eigenvalue weighted by Gasteiger charge is -2.18. The first-order valence-electron chi connectivity index (χ1n) is 4.80. The fourth-order valence-corrected chi connectivity index (χ4v) is 1.74. The van der Waals surface area contributed by atoms with Crippen molar-refractivity contribution in [2.75, 3.05) is 27.1 Å². The van der Waals surface area contributed by atoms with Crippen molar-refractivity contribution < 1.29 is 24.1 Å². The molecule has 17 heavy (non-hydrogen) atoms. The maximum absolute atomic E-state index is 11.2. The zero-order valence-corrected chi connectivity index (χ0v) is 10.2. The number of nitrogen functional groups attached to an aromatic ring is 1. The molecule has 0 saturated heterocycles. The molecule has 3 N–H and O–H groups in total. The number of rotatable bonds is 4. The first-order chi connectivity index (χ1) is 7.99. The van der Waals surface area contributed by atoms with Gasteiger partial charge in [-0.2, -0.15) is 0 Å². The lowest BCUT2D eigenvalue weighted by molar-refractivity contribution is 0.0693. The molecule has 0 aliphatic carbocycles. The lowest BCUT2D eigenvalue weighted by atomic mass is 10.1. The third kappa shape index (κ3) is 1.93. The molecule has 0 heterocycles. The summed E-state index contributed by atoms with van der Waals surface area (Å²) in [5, 5.41) is 9.14. The van der Waals surface area contributed by atoms with Crippen molar-refractivity contribution in [1.82, 2.24) is 0 Å². The Hall–Kier alpha value is -2.11. The summed E-state index contributed by atoms with van der Waals surface area (Å²) in [5.74, 6) is -0.525. The highest BCUT2D eigenvalue weighted by molar-refractivity contribution is 6.00. The number of carbonyl (C=O) groups is 1. The molecule has 1 rings (SSSR count). The number of anilines is 1. The zero-order valence-electron chi connectivity index (χ0n) is 10.2. The number of benzene rings is 1. The minimum Gasteiger partial charge on any atom is -0.494 e. The number of carboxylic acids is 1. The Morgan fingerprint density at radius 1 is 1.06 bits per heavy atom. The van der Waals surface area contributed by atoms with Crippen LogP contribution in [0.1, 0.15) is 15.9 Å². The molecule has 0 spiro atoms. The summed E-state index contributed by atoms with van der Waals surface area (Å²) in [6, 6.07) is 0. The van der Waals surface area contributed by atoms with Gasteiger partial charge in [0.25, 0.3) is 0 Å². The molecule has 0 fully saturated rings. The highest BCUT2D eigenvalue weighted by atomic mass is 16.5. The van der Waals surface area contributed by atoms with E-state index in [9.17, 15) is 4.79 Å². The van der Waals surface area contributed by atoms with Crippen LogP contribution in [0.4, 0.5) is 5.69 Å². The molecule has 1 aromatic rings. The molecule has 6 nitrogen and oxygen atoms in total. The maximum Gasteiger partial charge on any atom is 0.341 e. The fourth-order valence-electron chi connectivity index (χ4n) is 1.74. The van der Waals surface area contributed by atoms with Crippen molar-refractivity contribution in [1.29, 1.82) is 0 Å². The fraction of sp³-hybridized carbons (Fsp3) is 0.364. The topological polar surface area (TPSA) is 91.0 Å². The maximum atomic E-state index is 11.2. The average molecular weight is 241 g/mol. The molecule has 0 aliphatic heterocycles. The lowest BCUT2D eigenvalue weighted by Crippen LogP contribution is -2.10. The van der Waals surface area contributed by atoms with Crippen LogP contribution in [0.25, 0.3) is 0 Å². The third-order valence-corrected chi connectivity index (χ3v) is 2.45. The number of ether oxygens (including phenoxy) is 3. The van der Waals surface area contributed by atoms with Gasteiger partial charge in [0.2, 0.25) is 0 Å². The molecule has 94 valence electrons. The Morgan fingerprint density at radius 3 is 1.88 bits per heavy atom. The summed E-state index contributed by atoms with van der Waals surface area (Å²) in [6.07, 6.45) is 0. The van der Waals surface area contributed by atoms with Gasteiger partial charge in [0.15, 0.2) is 11.5 Å². The van der Waals surface area contributed by atoms with Crippen LogP contribution in [-0.4, -0.2) is 32.4 Å². The minimum atomic E-state index is -1.20. The molecule has 0 atom stereocenters. The molecule has 0 saturated carbocycles. The normalized spacial score (nSPS) is 9.88. The molecular formula is C11H15NO5. The van der Waals surface area contributed by atoms with Crippen LogP contribution >= 0.6 is 0 Å². The number of aromatic carboxylic acids is 1. The van der Waals surface area contributed by atoms with Crippen LogP contribution in [0.3, 0.4) is 0 Å². The summed E-state index contributed by atoms with van der Waals surface area (Å²) in [4.78, 5) is 11.2. The molecule has 0 amide bonds. The van der Waals surface area contributed by atoms with Crippen LogP contribution in [0, 0.1) is 6.92 Å². The van der Waals surface area contributed by atoms with Crippen molar-refractivity contribution in [2.24, 2.45) is 0 Å². The van der Waals surface area contributed by atoms with Crippen LogP contribution in [-0.2, 0) is 0 Å². The second kappa shape index (κ2) is 4.82. The van der Waals surface area contributed by atoms with Crippen molar-refractivity contribution in [2.45, 2.75) is 6.92 Å². The van der Waals surface area contributed by atoms with Crippen LogP contribution < -0.4 is 19.9 Å². The smallest absolute Gasteiger partial charge is 0.341 e. The van der Waals surface area contributed by atoms with Crippen LogP contribution in [0.15, 0.2) is 0 Å². The van der Waals surface area contributed by atoms with Crippen molar-refractivity contribution in [3.8, 4) is 17.2 Å². The average Bonchev–Trinajstić information content (AvgIpc) is 2.28. The summed E-state index contributed by atoms with van der Waals surface area (Å²) in [7, 11) is 4.19. The Balaban J connectivity index is 3.74. The van der Waals surface area contributed by atoms with E-state index < -0.39 is 5.97 Å². The van der Waals surface area contributed by atoms with E-state index in [4.69, 9.17) is 25.1 Å². The Kier molecular flexibility index (Phi) is 3.67. The van der Waals surface area contributed by atoms with Crippen molar-refractivity contribution in [3.63, 3.8) is 0 Å². The largest absolute Gasteiger partial charge is 0.494 e. The summed E-state index contributed by atoms with van der Waals surface area (Å²) < 4.78 is 15.3. The van der Waals surface area contributed by atoms with Crippen LogP contribution in [0.5, 0.6) is 17.2 Å². The van der Waals surface area contributed by atoms with E-state index >= 15 is 0 Å². The Bertz CT molecular complexity index is 456. The van der Waals surface area contributed by atoms with E-state index in [2.05, 4.69) is 0 Å². The second-order valence-corrected chi connectivity index (χ2v) is 3.32. The van der Waals surface area contributed by atoms with Crippen LogP contribution in [0.2, 0.25) is 0 Å². The van der Waals surface area contributed by atoms with E-state index in [1.165, 1.54) is 21.3 Å². The Labute approximate surface area is 98.9 Å². The predicted octanol–water partition coefficient (Wildman–Crippen LogP) is 1.30. The summed E-state index contributed by atoms with van der Waals surface area (Å²) in [6.45, 7) is 1.71. The van der Waals surface area contributed by atoms with E-state index in [1.54, 1.807) is 6.92 Å². The molecule has 0 unspecified atom stereocenters. The van der Waals surface area contributed by atoms with E-state index in [1.807, 2.05) is 0 Å². The number of methoxy groups -OCH3 is 3. The van der Waals surface area contributed by atoms with Gasteiger partial charge in [0, 0.05) is 5.56 Å². The van der Waals surface area contributed by atoms with Gasteiger partial charge < -0.3 is 25.1 Å². The SMILES string of the molecule is COc1c(C)c(OC)c(OC)c(C(=O)O)c1N. The zero-order chi connectivity index (χ0) is 13.2. The van der Waals surface area contributed by atoms with Crippen molar-refractivity contribution >= 4 is 11.7 Å². The van der Waals surface area contributed by atoms with E-state index in [-0.39, 0.29) is 22.7 Å². The molecule has 6 heteroatoms. The molecule has 0 aliphatic rings.